The highest BCUT2D eigenvalue weighted by molar-refractivity contribution is 6.28. The molecule has 4 N–H and O–H groups in total. The van der Waals surface area contributed by atoms with Gasteiger partial charge in [-0.05, 0) is 62.4 Å². The first kappa shape index (κ1) is 28.8. The molecule has 2 aliphatic rings. The number of hydrogen-bond donors (Lipinski definition) is 3. The third-order valence-electron chi connectivity index (χ3n) is 5.94. The van der Waals surface area contributed by atoms with E-state index in [4.69, 9.17) is 5.73 Å². The van der Waals surface area contributed by atoms with Gasteiger partial charge in [0.15, 0.2) is 0 Å². The molecule has 7 heteroatoms. The summed E-state index contributed by atoms with van der Waals surface area (Å²) in [6.45, 7) is 10.2. The van der Waals surface area contributed by atoms with Gasteiger partial charge in [0.2, 0.25) is 0 Å². The molecule has 2 aromatic rings. The van der Waals surface area contributed by atoms with E-state index in [1.807, 2.05) is 18.2 Å². The van der Waals surface area contributed by atoms with E-state index in [0.717, 1.165) is 17.8 Å². The molecule has 0 spiro atoms. The van der Waals surface area contributed by atoms with E-state index < -0.39 is 0 Å². The smallest absolute Gasteiger partial charge is 0.139 e. The molecule has 6 nitrogen and oxygen atoms in total. The second-order valence-electron chi connectivity index (χ2n) is 8.83. The topological polar surface area (TPSA) is 78.0 Å². The molecule has 1 saturated carbocycles. The van der Waals surface area contributed by atoms with Crippen molar-refractivity contribution in [1.29, 1.82) is 0 Å². The van der Waals surface area contributed by atoms with Gasteiger partial charge in [0, 0.05) is 25.3 Å². The van der Waals surface area contributed by atoms with Crippen molar-refractivity contribution in [1.82, 2.24) is 15.6 Å². The van der Waals surface area contributed by atoms with E-state index in [-0.39, 0.29) is 5.82 Å². The van der Waals surface area contributed by atoms with Crippen molar-refractivity contribution in [3.63, 3.8) is 0 Å². The highest BCUT2D eigenvalue weighted by atomic mass is 19.1. The average molecular weight is 493 g/mol. The first-order chi connectivity index (χ1) is 17.5. The quantitative estimate of drug-likeness (QED) is 0.203. The number of hydrazone groups is 1. The fourth-order valence-electron chi connectivity index (χ4n) is 3.82. The zero-order valence-electron chi connectivity index (χ0n) is 21.7. The molecule has 1 atom stereocenters. The number of aliphatic imine (C=N–C) groups is 1. The van der Waals surface area contributed by atoms with Crippen LogP contribution in [-0.2, 0) is 6.54 Å². The third-order valence-corrected chi connectivity index (χ3v) is 5.94. The number of rotatable bonds is 9. The van der Waals surface area contributed by atoms with Gasteiger partial charge in [-0.25, -0.2) is 4.39 Å². The van der Waals surface area contributed by atoms with Gasteiger partial charge in [0.1, 0.15) is 11.7 Å². The minimum atomic E-state index is -0.0370. The number of hydrogen-bond acceptors (Lipinski definition) is 5. The van der Waals surface area contributed by atoms with Gasteiger partial charge in [-0.1, -0.05) is 61.2 Å². The molecule has 1 aliphatic carbocycles. The van der Waals surface area contributed by atoms with Crippen molar-refractivity contribution in [3.8, 4) is 0 Å². The van der Waals surface area contributed by atoms with Crippen LogP contribution in [0, 0.1) is 5.82 Å². The molecular formula is C29H41FN6. The Labute approximate surface area is 215 Å². The molecule has 1 unspecified atom stereocenters. The fraction of sp³-hybridized carbons (Fsp3) is 0.379. The number of nitrogens with two attached hydrogens (primary N) is 1. The monoisotopic (exact) mass is 492 g/mol. The zero-order valence-corrected chi connectivity index (χ0v) is 21.7. The number of nitrogens with zero attached hydrogens (tertiary/aromatic N) is 3. The number of likely N-dealkylation sites (tertiary alicyclic amines) is 1. The highest BCUT2D eigenvalue weighted by Crippen LogP contribution is 2.40. The standard InChI is InChI=1S/C14H20N2.C9H9F.C6H12N4/c1-12(14-9-6-10-16(14)2)15-11-13-7-4-3-5-8-13;10-9-4-2-1-3-8(9)7-5-6-7;1-3-4-9-6(7)5-10-8-2/h3-5,7-8,14-15H,1,6,9-11H2,2H3;1-4,7H,5-6H2;3,5,8H,1,4H2,2H3,(H2,7,9)/b;;10-5-. The van der Waals surface area contributed by atoms with Crippen LogP contribution in [0.3, 0.4) is 0 Å². The summed E-state index contributed by atoms with van der Waals surface area (Å²) in [6.07, 6.45) is 7.97. The van der Waals surface area contributed by atoms with Crippen LogP contribution in [0.15, 0.2) is 89.6 Å². The summed E-state index contributed by atoms with van der Waals surface area (Å²) in [5, 5.41) is 7.09. The largest absolute Gasteiger partial charge is 0.383 e. The van der Waals surface area contributed by atoms with Crippen LogP contribution in [0.2, 0.25) is 0 Å². The van der Waals surface area contributed by atoms with Crippen LogP contribution in [0.1, 0.15) is 42.7 Å². The lowest BCUT2D eigenvalue weighted by atomic mass is 10.1. The maximum absolute atomic E-state index is 12.9. The SMILES string of the molecule is C=C(NCc1ccccc1)C1CCCN1C.C=CCN=C(N)/C=N\NC.Fc1ccccc1C1CC1. The molecule has 1 saturated heterocycles. The first-order valence-electron chi connectivity index (χ1n) is 12.5. The molecule has 0 radical (unpaired) electrons. The Kier molecular flexibility index (Phi) is 13.0. The lowest BCUT2D eigenvalue weighted by Crippen LogP contribution is -2.32. The average Bonchev–Trinajstić information content (AvgIpc) is 3.66. The Bertz CT molecular complexity index is 984. The van der Waals surface area contributed by atoms with Crippen LogP contribution in [0.25, 0.3) is 0 Å². The second-order valence-corrected chi connectivity index (χ2v) is 8.83. The van der Waals surface area contributed by atoms with E-state index in [1.54, 1.807) is 19.2 Å². The highest BCUT2D eigenvalue weighted by Gasteiger charge is 2.25. The summed E-state index contributed by atoms with van der Waals surface area (Å²) in [4.78, 5) is 6.24. The first-order valence-corrected chi connectivity index (χ1v) is 12.5. The Morgan fingerprint density at radius 3 is 2.42 bits per heavy atom. The Morgan fingerprint density at radius 2 is 1.83 bits per heavy atom. The summed E-state index contributed by atoms with van der Waals surface area (Å²) in [7, 11) is 3.87. The lowest BCUT2D eigenvalue weighted by Gasteiger charge is -2.22. The number of amidine groups is 1. The van der Waals surface area contributed by atoms with Crippen LogP contribution in [-0.4, -0.2) is 50.2 Å². The van der Waals surface area contributed by atoms with E-state index in [9.17, 15) is 4.39 Å². The van der Waals surface area contributed by atoms with Crippen LogP contribution in [0.5, 0.6) is 0 Å². The Morgan fingerprint density at radius 1 is 1.14 bits per heavy atom. The molecule has 2 aromatic carbocycles. The van der Waals surface area contributed by atoms with Crippen molar-refractivity contribution in [2.75, 3.05) is 27.2 Å². The van der Waals surface area contributed by atoms with Crippen LogP contribution < -0.4 is 16.5 Å². The van der Waals surface area contributed by atoms with Gasteiger partial charge in [-0.3, -0.25) is 9.89 Å². The second kappa shape index (κ2) is 16.3. The van der Waals surface area contributed by atoms with Crippen molar-refractivity contribution >= 4 is 12.1 Å². The molecule has 4 rings (SSSR count). The summed E-state index contributed by atoms with van der Waals surface area (Å²) in [5.74, 6) is 0.889. The Hall–Kier alpha value is -3.45. The minimum Gasteiger partial charge on any atom is -0.383 e. The minimum absolute atomic E-state index is 0.0370. The van der Waals surface area contributed by atoms with E-state index in [0.29, 0.717) is 24.3 Å². The molecule has 0 aromatic heterocycles. The lowest BCUT2D eigenvalue weighted by molar-refractivity contribution is 0.334. The molecule has 194 valence electrons. The van der Waals surface area contributed by atoms with Gasteiger partial charge < -0.3 is 16.5 Å². The number of nitrogens with one attached hydrogen (secondary N) is 2. The van der Waals surface area contributed by atoms with Gasteiger partial charge in [0.05, 0.1) is 12.8 Å². The zero-order chi connectivity index (χ0) is 26.2. The molecule has 2 fully saturated rings. The molecule has 1 heterocycles. The van der Waals surface area contributed by atoms with Gasteiger partial charge in [-0.15, -0.1) is 6.58 Å². The normalized spacial score (nSPS) is 17.4. The third kappa shape index (κ3) is 10.9. The van der Waals surface area contributed by atoms with Crippen LogP contribution >= 0.6 is 0 Å². The maximum atomic E-state index is 12.9. The summed E-state index contributed by atoms with van der Waals surface area (Å²) < 4.78 is 12.9. The summed E-state index contributed by atoms with van der Waals surface area (Å²) >= 11 is 0. The molecule has 1 aliphatic heterocycles. The van der Waals surface area contributed by atoms with E-state index in [1.165, 1.54) is 50.1 Å². The van der Waals surface area contributed by atoms with E-state index >= 15 is 0 Å². The maximum Gasteiger partial charge on any atom is 0.139 e. The van der Waals surface area contributed by atoms with Gasteiger partial charge in [0.25, 0.3) is 0 Å². The summed E-state index contributed by atoms with van der Waals surface area (Å²) in [5.41, 5.74) is 11.3. The van der Waals surface area contributed by atoms with Gasteiger partial charge in [-0.2, -0.15) is 5.10 Å². The van der Waals surface area contributed by atoms with Crippen molar-refractivity contribution in [3.05, 3.63) is 96.5 Å². The van der Waals surface area contributed by atoms with Crippen LogP contribution in [0.4, 0.5) is 4.39 Å². The molecular weight excluding hydrogens is 451 g/mol. The molecule has 0 amide bonds. The van der Waals surface area contributed by atoms with Crippen molar-refractivity contribution in [2.24, 2.45) is 15.8 Å². The fourth-order valence-corrected chi connectivity index (χ4v) is 3.82. The Balaban J connectivity index is 0.000000200. The predicted octanol–water partition coefficient (Wildman–Crippen LogP) is 4.82. The number of benzene rings is 2. The number of likely N-dealkylation sites (N-methyl/N-ethyl adjacent to an activating group) is 1. The molecule has 0 bridgehead atoms. The predicted molar refractivity (Wildman–Crippen MR) is 151 cm³/mol. The van der Waals surface area contributed by atoms with Crippen molar-refractivity contribution in [2.45, 2.75) is 44.2 Å². The van der Waals surface area contributed by atoms with E-state index in [2.05, 4.69) is 70.2 Å². The molecule has 36 heavy (non-hydrogen) atoms. The van der Waals surface area contributed by atoms with Crippen molar-refractivity contribution < 1.29 is 4.39 Å². The number of halogens is 1. The van der Waals surface area contributed by atoms with Gasteiger partial charge >= 0.3 is 0 Å². The summed E-state index contributed by atoms with van der Waals surface area (Å²) in [6, 6.07) is 18.0.